The van der Waals surface area contributed by atoms with Crippen LogP contribution in [0.15, 0.2) is 49.1 Å². The summed E-state index contributed by atoms with van der Waals surface area (Å²) in [5.41, 5.74) is -4.97. The van der Waals surface area contributed by atoms with Gasteiger partial charge in [-0.25, -0.2) is 4.39 Å². The van der Waals surface area contributed by atoms with Crippen LogP contribution in [-0.2, 0) is 11.0 Å². The normalized spacial score (nSPS) is 16.0. The summed E-state index contributed by atoms with van der Waals surface area (Å²) in [4.78, 5) is 25.2. The fourth-order valence-corrected chi connectivity index (χ4v) is 4.55. The van der Waals surface area contributed by atoms with E-state index in [1.165, 1.54) is 6.08 Å². The van der Waals surface area contributed by atoms with Crippen LogP contribution in [-0.4, -0.2) is 24.4 Å². The third-order valence-electron chi connectivity index (χ3n) is 6.17. The van der Waals surface area contributed by atoms with Crippen molar-refractivity contribution in [2.45, 2.75) is 37.5 Å². The van der Waals surface area contributed by atoms with Crippen LogP contribution in [0.1, 0.15) is 52.2 Å². The van der Waals surface area contributed by atoms with E-state index in [9.17, 15) is 35.9 Å². The van der Waals surface area contributed by atoms with Gasteiger partial charge in [0.25, 0.3) is 0 Å². The molecular weight excluding hydrogens is 598 g/mol. The van der Waals surface area contributed by atoms with Gasteiger partial charge in [0.1, 0.15) is 11.7 Å². The van der Waals surface area contributed by atoms with Gasteiger partial charge in [-0.15, -0.1) is 6.58 Å². The number of Topliss-reactive ketones (excluding diaryl/α,β-unsaturated/α-hetero) is 1. The Morgan fingerprint density at radius 3 is 2.10 bits per heavy atom. The number of rotatable bonds is 9. The number of benzene rings is 2. The molecule has 3 nitrogen and oxygen atoms in total. The number of halogens is 10. The molecular formula is C26H19Cl3F7NO2. The Bertz CT molecular complexity index is 1310. The van der Waals surface area contributed by atoms with Crippen LogP contribution in [0.2, 0.25) is 15.1 Å². The largest absolute Gasteiger partial charge is 0.417 e. The van der Waals surface area contributed by atoms with E-state index in [0.717, 1.165) is 18.2 Å². The molecule has 39 heavy (non-hydrogen) atoms. The van der Waals surface area contributed by atoms with Gasteiger partial charge < -0.3 is 5.32 Å². The first kappa shape index (κ1) is 31.0. The molecule has 1 fully saturated rings. The number of ketones is 1. The van der Waals surface area contributed by atoms with Crippen molar-refractivity contribution < 1.29 is 40.3 Å². The molecule has 2 aromatic carbocycles. The average molecular weight is 617 g/mol. The van der Waals surface area contributed by atoms with Crippen molar-refractivity contribution in [3.63, 3.8) is 0 Å². The van der Waals surface area contributed by atoms with Gasteiger partial charge in [-0.05, 0) is 42.7 Å². The molecule has 1 aliphatic carbocycles. The van der Waals surface area contributed by atoms with Crippen molar-refractivity contribution in [2.75, 3.05) is 6.54 Å². The Labute approximate surface area is 233 Å². The monoisotopic (exact) mass is 615 g/mol. The van der Waals surface area contributed by atoms with Gasteiger partial charge in [0.05, 0.1) is 26.0 Å². The summed E-state index contributed by atoms with van der Waals surface area (Å²) in [7, 11) is 0. The van der Waals surface area contributed by atoms with E-state index in [2.05, 4.69) is 11.9 Å². The van der Waals surface area contributed by atoms with Crippen molar-refractivity contribution in [2.24, 2.45) is 5.41 Å². The number of hydrogen-bond acceptors (Lipinski definition) is 2. The lowest BCUT2D eigenvalue weighted by molar-refractivity contribution is -0.140. The minimum absolute atomic E-state index is 0.0794. The lowest BCUT2D eigenvalue weighted by Crippen LogP contribution is -2.33. The molecule has 2 aromatic rings. The molecule has 0 aromatic heterocycles. The Balaban J connectivity index is 1.99. The highest BCUT2D eigenvalue weighted by Gasteiger charge is 2.51. The average Bonchev–Trinajstić information content (AvgIpc) is 3.62. The zero-order valence-electron chi connectivity index (χ0n) is 19.8. The lowest BCUT2D eigenvalue weighted by Gasteiger charge is -2.19. The van der Waals surface area contributed by atoms with Crippen molar-refractivity contribution in [1.82, 2.24) is 5.32 Å². The molecule has 1 N–H and O–H groups in total. The Morgan fingerprint density at radius 1 is 1.03 bits per heavy atom. The fourth-order valence-electron chi connectivity index (χ4n) is 3.94. The number of hydrogen-bond donors (Lipinski definition) is 1. The van der Waals surface area contributed by atoms with Crippen LogP contribution in [0.5, 0.6) is 0 Å². The molecule has 1 unspecified atom stereocenters. The molecule has 1 saturated carbocycles. The molecule has 0 bridgehead atoms. The van der Waals surface area contributed by atoms with E-state index in [4.69, 9.17) is 34.8 Å². The topological polar surface area (TPSA) is 46.2 Å². The lowest BCUT2D eigenvalue weighted by atomic mass is 9.90. The van der Waals surface area contributed by atoms with Gasteiger partial charge in [-0.1, -0.05) is 53.0 Å². The van der Waals surface area contributed by atoms with Gasteiger partial charge >= 0.3 is 12.4 Å². The van der Waals surface area contributed by atoms with Gasteiger partial charge in [0.15, 0.2) is 5.78 Å². The van der Waals surface area contributed by atoms with E-state index < -0.39 is 69.9 Å². The molecule has 0 aliphatic heterocycles. The van der Waals surface area contributed by atoms with Crippen molar-refractivity contribution in [3.8, 4) is 0 Å². The maximum absolute atomic E-state index is 15.0. The summed E-state index contributed by atoms with van der Waals surface area (Å²) in [6.45, 7) is 3.55. The van der Waals surface area contributed by atoms with Crippen LogP contribution in [0.3, 0.4) is 0 Å². The summed E-state index contributed by atoms with van der Waals surface area (Å²) < 4.78 is 98.0. The summed E-state index contributed by atoms with van der Waals surface area (Å²) >= 11 is 17.3. The first-order valence-corrected chi connectivity index (χ1v) is 12.4. The summed E-state index contributed by atoms with van der Waals surface area (Å²) in [6, 6.07) is 3.34. The van der Waals surface area contributed by atoms with E-state index in [-0.39, 0.29) is 46.6 Å². The van der Waals surface area contributed by atoms with Gasteiger partial charge in [-0.2, -0.15) is 26.3 Å². The number of carbonyl (C=O) groups is 2. The Morgan fingerprint density at radius 2 is 1.62 bits per heavy atom. The van der Waals surface area contributed by atoms with Crippen LogP contribution < -0.4 is 5.32 Å². The Kier molecular flexibility index (Phi) is 9.14. The van der Waals surface area contributed by atoms with E-state index in [0.29, 0.717) is 6.07 Å². The second-order valence-corrected chi connectivity index (χ2v) is 10.2. The van der Waals surface area contributed by atoms with Crippen LogP contribution in [0.25, 0.3) is 5.83 Å². The number of alkyl halides is 6. The highest BCUT2D eigenvalue weighted by atomic mass is 35.5. The number of carbonyl (C=O) groups excluding carboxylic acids is 2. The fraction of sp³-hybridized carbons (Fsp3) is 0.308. The summed E-state index contributed by atoms with van der Waals surface area (Å²) in [5.74, 6) is -5.78. The molecule has 1 aliphatic rings. The number of allylic oxidation sites excluding steroid dienone is 1. The second-order valence-electron chi connectivity index (χ2n) is 8.97. The summed E-state index contributed by atoms with van der Waals surface area (Å²) in [6.07, 6.45) is -8.69. The standard InChI is InChI=1S/C26H19Cl3F7NO2/c1-2-7-37-23(39)24(5-6-24)12-21(38)15-4-3-13(8-17(15)26(34,35)36)20(30)11-16(25(31,32)33)14-9-18(27)22(29)19(28)10-14/h2-4,8-11,16H,1,5-7,12H2,(H,37,39)/b20-11-. The highest BCUT2D eigenvalue weighted by Crippen LogP contribution is 2.50. The SMILES string of the molecule is C=CCNC(=O)C1(CC(=O)c2ccc(/C(F)=C/C(c3cc(Cl)c(Cl)c(Cl)c3)C(F)(F)F)cc2C(F)(F)F)CC1. The molecule has 0 spiro atoms. The summed E-state index contributed by atoms with van der Waals surface area (Å²) in [5, 5.41) is 1.61. The predicted molar refractivity (Wildman–Crippen MR) is 135 cm³/mol. The smallest absolute Gasteiger partial charge is 0.352 e. The first-order chi connectivity index (χ1) is 18.0. The van der Waals surface area contributed by atoms with Crippen molar-refractivity contribution in [1.29, 1.82) is 0 Å². The molecule has 3 rings (SSSR count). The molecule has 1 amide bonds. The van der Waals surface area contributed by atoms with Gasteiger partial charge in [0, 0.05) is 24.1 Å². The molecule has 0 radical (unpaired) electrons. The van der Waals surface area contributed by atoms with Crippen LogP contribution in [0, 0.1) is 5.41 Å². The van der Waals surface area contributed by atoms with Gasteiger partial charge in [-0.3, -0.25) is 9.59 Å². The maximum atomic E-state index is 15.0. The van der Waals surface area contributed by atoms with Crippen LogP contribution in [0.4, 0.5) is 30.7 Å². The van der Waals surface area contributed by atoms with E-state index in [1.54, 1.807) is 0 Å². The highest BCUT2D eigenvalue weighted by molar-refractivity contribution is 6.48. The van der Waals surface area contributed by atoms with E-state index >= 15 is 4.39 Å². The third-order valence-corrected chi connectivity index (χ3v) is 7.37. The van der Waals surface area contributed by atoms with Gasteiger partial charge in [0.2, 0.25) is 5.91 Å². The van der Waals surface area contributed by atoms with Crippen LogP contribution >= 0.6 is 34.8 Å². The zero-order valence-corrected chi connectivity index (χ0v) is 22.0. The van der Waals surface area contributed by atoms with Crippen molar-refractivity contribution >= 4 is 52.3 Å². The minimum Gasteiger partial charge on any atom is -0.352 e. The van der Waals surface area contributed by atoms with E-state index in [1.807, 2.05) is 0 Å². The molecule has 0 heterocycles. The second kappa shape index (κ2) is 11.5. The predicted octanol–water partition coefficient (Wildman–Crippen LogP) is 8.98. The number of amides is 1. The molecule has 0 saturated heterocycles. The Hall–Kier alpha value is -2.56. The number of nitrogens with one attached hydrogen (secondary N) is 1. The molecule has 210 valence electrons. The molecule has 1 atom stereocenters. The first-order valence-electron chi connectivity index (χ1n) is 11.2. The minimum atomic E-state index is -5.15. The quantitative estimate of drug-likeness (QED) is 0.132. The van der Waals surface area contributed by atoms with Crippen molar-refractivity contribution in [3.05, 3.63) is 86.4 Å². The molecule has 13 heteroatoms. The third kappa shape index (κ3) is 7.15. The zero-order chi connectivity index (χ0) is 29.3. The maximum Gasteiger partial charge on any atom is 0.417 e.